The Morgan fingerprint density at radius 3 is 2.15 bits per heavy atom. The maximum absolute atomic E-state index is 13.2. The molecule has 3 aliphatic rings. The van der Waals surface area contributed by atoms with Gasteiger partial charge in [-0.1, -0.05) is 34.6 Å². The summed E-state index contributed by atoms with van der Waals surface area (Å²) in [6, 6.07) is -2.25. The molecule has 0 radical (unpaired) electrons. The highest BCUT2D eigenvalue weighted by molar-refractivity contribution is 5.95. The van der Waals surface area contributed by atoms with E-state index in [2.05, 4.69) is 0 Å². The molecule has 2 unspecified atom stereocenters. The third-order valence-corrected chi connectivity index (χ3v) is 7.13. The smallest absolute Gasteiger partial charge is 0.467 e. The molecule has 6 nitrogen and oxygen atoms in total. The highest BCUT2D eigenvalue weighted by Crippen LogP contribution is 3.00. The van der Waals surface area contributed by atoms with Gasteiger partial charge in [-0.25, -0.2) is 4.79 Å². The minimum atomic E-state index is -5.10. The van der Waals surface area contributed by atoms with E-state index < -0.39 is 41.5 Å². The van der Waals surface area contributed by atoms with Crippen molar-refractivity contribution in [1.82, 2.24) is 10.2 Å². The van der Waals surface area contributed by atoms with Crippen LogP contribution in [0.1, 0.15) is 41.0 Å². The number of hydrogen-bond donors (Lipinski definition) is 1. The van der Waals surface area contributed by atoms with Crippen LogP contribution in [0, 0.1) is 21.7 Å². The Morgan fingerprint density at radius 2 is 1.74 bits per heavy atom. The lowest BCUT2D eigenvalue weighted by atomic mass is 9.79. The fraction of sp³-hybridized carbons (Fsp3) is 0.833. The number of piperidine rings is 2. The number of amides is 2. The fourth-order valence-electron chi connectivity index (χ4n) is 5.38. The molecular weight excluding hydrogens is 365 g/mol. The van der Waals surface area contributed by atoms with E-state index in [4.69, 9.17) is 4.74 Å². The van der Waals surface area contributed by atoms with Crippen LogP contribution in [0.2, 0.25) is 0 Å². The summed E-state index contributed by atoms with van der Waals surface area (Å²) in [7, 11) is 1.23. The first-order valence-corrected chi connectivity index (χ1v) is 8.84. The van der Waals surface area contributed by atoms with Gasteiger partial charge in [0.2, 0.25) is 5.91 Å². The number of likely N-dealkylation sites (tertiary alicyclic amines) is 1. The van der Waals surface area contributed by atoms with Crippen molar-refractivity contribution in [3.05, 3.63) is 0 Å². The van der Waals surface area contributed by atoms with E-state index in [1.54, 1.807) is 20.8 Å². The van der Waals surface area contributed by atoms with Gasteiger partial charge in [-0.15, -0.1) is 0 Å². The number of esters is 1. The van der Waals surface area contributed by atoms with Gasteiger partial charge in [0, 0.05) is 17.4 Å². The Kier molecular flexibility index (Phi) is 3.82. The summed E-state index contributed by atoms with van der Waals surface area (Å²) in [5.41, 5.74) is -1.66. The summed E-state index contributed by atoms with van der Waals surface area (Å²) < 4.78 is 43.1. The van der Waals surface area contributed by atoms with Gasteiger partial charge in [-0.3, -0.25) is 9.59 Å². The number of carbonyl (C=O) groups is 3. The number of carbonyl (C=O) groups excluding carboxylic acids is 3. The summed E-state index contributed by atoms with van der Waals surface area (Å²) in [6.45, 7) is 9.04. The summed E-state index contributed by atoms with van der Waals surface area (Å²) in [6.07, 6.45) is -4.30. The Bertz CT molecular complexity index is 727. The van der Waals surface area contributed by atoms with Gasteiger partial charge in [0.25, 0.3) is 0 Å². The topological polar surface area (TPSA) is 75.7 Å². The van der Waals surface area contributed by atoms with E-state index in [9.17, 15) is 27.6 Å². The number of halogens is 3. The Balaban J connectivity index is 1.89. The molecule has 3 fully saturated rings. The zero-order valence-corrected chi connectivity index (χ0v) is 16.3. The molecule has 0 spiro atoms. The number of nitrogens with one attached hydrogen (secondary N) is 1. The quantitative estimate of drug-likeness (QED) is 0.747. The van der Waals surface area contributed by atoms with Crippen molar-refractivity contribution in [1.29, 1.82) is 0 Å². The van der Waals surface area contributed by atoms with Crippen molar-refractivity contribution in [2.24, 2.45) is 21.7 Å². The van der Waals surface area contributed by atoms with Crippen LogP contribution in [0.5, 0.6) is 0 Å². The van der Waals surface area contributed by atoms with Crippen molar-refractivity contribution >= 4 is 17.8 Å². The molecule has 0 aromatic carbocycles. The van der Waals surface area contributed by atoms with Crippen LogP contribution in [0.15, 0.2) is 0 Å². The first-order valence-electron chi connectivity index (χ1n) is 8.84. The summed E-state index contributed by atoms with van der Waals surface area (Å²) in [5, 5.41) is 1.82. The highest BCUT2D eigenvalue weighted by Gasteiger charge is 3.02. The lowest BCUT2D eigenvalue weighted by molar-refractivity contribution is -0.176. The summed E-state index contributed by atoms with van der Waals surface area (Å²) in [4.78, 5) is 38.4. The predicted molar refractivity (Wildman–Crippen MR) is 88.2 cm³/mol. The number of nitrogens with zero attached hydrogens (tertiary/aromatic N) is 1. The molecule has 9 heteroatoms. The number of ether oxygens (including phenoxy) is 1. The number of rotatable bonds is 3. The van der Waals surface area contributed by atoms with Crippen LogP contribution in [0.3, 0.4) is 0 Å². The maximum atomic E-state index is 13.2. The zero-order valence-electron chi connectivity index (χ0n) is 16.3. The third kappa shape index (κ3) is 2.29. The molecule has 27 heavy (non-hydrogen) atoms. The van der Waals surface area contributed by atoms with Gasteiger partial charge in [-0.05, 0) is 17.3 Å². The van der Waals surface area contributed by atoms with E-state index in [0.717, 1.165) is 6.42 Å². The molecular formula is C18H25F3N2O4. The number of hydrogen-bond acceptors (Lipinski definition) is 4. The second-order valence-corrected chi connectivity index (χ2v) is 9.52. The molecule has 152 valence electrons. The average Bonchev–Trinajstić information content (AvgIpc) is 3.25. The van der Waals surface area contributed by atoms with E-state index >= 15 is 0 Å². The van der Waals surface area contributed by atoms with Gasteiger partial charge < -0.3 is 15.0 Å². The molecule has 2 amide bonds. The molecule has 2 saturated carbocycles. The van der Waals surface area contributed by atoms with E-state index in [0.29, 0.717) is 0 Å². The van der Waals surface area contributed by atoms with E-state index in [1.807, 2.05) is 19.2 Å². The van der Waals surface area contributed by atoms with Crippen molar-refractivity contribution in [2.75, 3.05) is 13.7 Å². The van der Waals surface area contributed by atoms with Crippen molar-refractivity contribution in [3.8, 4) is 0 Å². The molecule has 2 aliphatic carbocycles. The molecule has 3 rings (SSSR count). The molecule has 1 N–H and O–H groups in total. The summed E-state index contributed by atoms with van der Waals surface area (Å²) >= 11 is 0. The second kappa shape index (κ2) is 5.17. The first-order chi connectivity index (χ1) is 12.1. The minimum absolute atomic E-state index is 0.123. The van der Waals surface area contributed by atoms with Crippen LogP contribution in [-0.4, -0.2) is 54.6 Å². The lowest BCUT2D eigenvalue weighted by Gasteiger charge is -2.42. The number of alkyl halides is 3. The normalized spacial score (nSPS) is 34.3. The van der Waals surface area contributed by atoms with Gasteiger partial charge in [-0.2, -0.15) is 13.2 Å². The molecule has 0 aromatic rings. The van der Waals surface area contributed by atoms with Crippen LogP contribution in [0.25, 0.3) is 0 Å². The standard InChI is InChI=1S/C18H25F3N2O4/c1-14(2,3)9(22-13(26)18(19,20)21)11(24)23-8-16-7-17(16,15(16,4)5)10(23)12(25)27-6/h9-10H,7-8H2,1-6H3,(H,22,26)/t9-,10-,16?,17?/m1/s1. The van der Waals surface area contributed by atoms with Gasteiger partial charge in [0.05, 0.1) is 7.11 Å². The number of methoxy groups -OCH3 is 1. The lowest BCUT2D eigenvalue weighted by Crippen LogP contribution is -2.61. The van der Waals surface area contributed by atoms with E-state index in [1.165, 1.54) is 12.0 Å². The van der Waals surface area contributed by atoms with Gasteiger partial charge in [0.15, 0.2) is 0 Å². The Morgan fingerprint density at radius 1 is 1.19 bits per heavy atom. The molecule has 1 aliphatic heterocycles. The van der Waals surface area contributed by atoms with Crippen molar-refractivity contribution in [3.63, 3.8) is 0 Å². The van der Waals surface area contributed by atoms with Crippen LogP contribution >= 0.6 is 0 Å². The van der Waals surface area contributed by atoms with Crippen molar-refractivity contribution in [2.45, 2.75) is 59.3 Å². The molecule has 1 saturated heterocycles. The monoisotopic (exact) mass is 390 g/mol. The highest BCUT2D eigenvalue weighted by atomic mass is 19.4. The van der Waals surface area contributed by atoms with Crippen LogP contribution < -0.4 is 5.32 Å². The Hall–Kier alpha value is -1.80. The second-order valence-electron chi connectivity index (χ2n) is 9.52. The van der Waals surface area contributed by atoms with E-state index in [-0.39, 0.29) is 22.8 Å². The van der Waals surface area contributed by atoms with Crippen molar-refractivity contribution < 1.29 is 32.3 Å². The van der Waals surface area contributed by atoms with Crippen LogP contribution in [0.4, 0.5) is 13.2 Å². The SMILES string of the molecule is COC(=O)[C@H]1N(C(=O)[C@@H](NC(=O)C(F)(F)F)C(C)(C)C)CC23CC12C3(C)C. The largest absolute Gasteiger partial charge is 0.471 e. The molecule has 1 heterocycles. The predicted octanol–water partition coefficient (Wildman–Crippen LogP) is 1.88. The molecule has 0 bridgehead atoms. The molecule has 0 aromatic heterocycles. The third-order valence-electron chi connectivity index (χ3n) is 7.13. The maximum Gasteiger partial charge on any atom is 0.471 e. The average molecular weight is 390 g/mol. The van der Waals surface area contributed by atoms with Crippen LogP contribution in [-0.2, 0) is 19.1 Å². The first kappa shape index (κ1) is 19.9. The zero-order chi connectivity index (χ0) is 20.8. The molecule has 4 atom stereocenters. The van der Waals surface area contributed by atoms with Gasteiger partial charge in [0.1, 0.15) is 12.1 Å². The minimum Gasteiger partial charge on any atom is -0.467 e. The fourth-order valence-corrected chi connectivity index (χ4v) is 5.38. The Labute approximate surface area is 155 Å². The summed E-state index contributed by atoms with van der Waals surface area (Å²) in [5.74, 6) is -3.42. The van der Waals surface area contributed by atoms with Gasteiger partial charge >= 0.3 is 18.1 Å².